The molecule has 19 heavy (non-hydrogen) atoms. The van der Waals surface area contributed by atoms with E-state index in [1.165, 1.54) is 0 Å². The van der Waals surface area contributed by atoms with Crippen LogP contribution in [-0.2, 0) is 4.79 Å². The molecule has 0 aromatic heterocycles. The van der Waals surface area contributed by atoms with Crippen LogP contribution >= 0.6 is 0 Å². The second kappa shape index (κ2) is 6.78. The second-order valence-corrected chi connectivity index (χ2v) is 6.01. The lowest BCUT2D eigenvalue weighted by atomic mass is 9.98. The molecule has 1 fully saturated rings. The third-order valence-corrected chi connectivity index (χ3v) is 3.73. The number of hydrogen-bond donors (Lipinski definition) is 2. The molecule has 2 amide bonds. The number of nitrogens with one attached hydrogen (secondary N) is 1. The third-order valence-electron chi connectivity index (χ3n) is 3.73. The number of likely N-dealkylation sites (tertiary alicyclic amines) is 1. The number of urea groups is 1. The number of amides is 2. The average Bonchev–Trinajstić information content (AvgIpc) is 2.27. The largest absolute Gasteiger partial charge is 0.480 e. The Balaban J connectivity index is 2.67. The molecule has 1 aliphatic rings. The zero-order valence-corrected chi connectivity index (χ0v) is 12.3. The molecule has 110 valence electrons. The van der Waals surface area contributed by atoms with Crippen LogP contribution in [0.5, 0.6) is 0 Å². The molecule has 1 rings (SSSR count). The van der Waals surface area contributed by atoms with Gasteiger partial charge in [0.15, 0.2) is 0 Å². The maximum Gasteiger partial charge on any atom is 0.326 e. The summed E-state index contributed by atoms with van der Waals surface area (Å²) in [5.74, 6) is -0.725. The zero-order chi connectivity index (χ0) is 14.6. The Morgan fingerprint density at radius 2 is 1.79 bits per heavy atom. The van der Waals surface area contributed by atoms with Crippen molar-refractivity contribution in [3.05, 3.63) is 0 Å². The van der Waals surface area contributed by atoms with Gasteiger partial charge in [-0.25, -0.2) is 9.59 Å². The Kier molecular flexibility index (Phi) is 5.63. The highest BCUT2D eigenvalue weighted by Crippen LogP contribution is 2.22. The van der Waals surface area contributed by atoms with Crippen molar-refractivity contribution in [2.24, 2.45) is 5.92 Å². The highest BCUT2D eigenvalue weighted by Gasteiger charge is 2.31. The number of carbonyl (C=O) groups excluding carboxylic acids is 1. The van der Waals surface area contributed by atoms with Gasteiger partial charge >= 0.3 is 12.0 Å². The molecule has 2 N–H and O–H groups in total. The van der Waals surface area contributed by atoms with Gasteiger partial charge in [0, 0.05) is 12.1 Å². The van der Waals surface area contributed by atoms with E-state index in [0.29, 0.717) is 6.42 Å². The summed E-state index contributed by atoms with van der Waals surface area (Å²) in [5.41, 5.74) is 0. The summed E-state index contributed by atoms with van der Waals surface area (Å²) in [5, 5.41) is 11.8. The van der Waals surface area contributed by atoms with Crippen molar-refractivity contribution in [1.29, 1.82) is 0 Å². The van der Waals surface area contributed by atoms with Crippen LogP contribution in [0.25, 0.3) is 0 Å². The van der Waals surface area contributed by atoms with Crippen molar-refractivity contribution in [3.63, 3.8) is 0 Å². The lowest BCUT2D eigenvalue weighted by Crippen LogP contribution is -2.55. The summed E-state index contributed by atoms with van der Waals surface area (Å²) in [7, 11) is 0. The monoisotopic (exact) mass is 270 g/mol. The van der Waals surface area contributed by atoms with Gasteiger partial charge < -0.3 is 15.3 Å². The average molecular weight is 270 g/mol. The smallest absolute Gasteiger partial charge is 0.326 e. The SMILES string of the molecule is CC(C)C[C@@H](NC(=O)N1C(C)CCCC1C)C(=O)O. The maximum absolute atomic E-state index is 12.3. The standard InChI is InChI=1S/C14H26N2O3/c1-9(2)8-12(13(17)18)15-14(19)16-10(3)6-5-7-11(16)4/h9-12H,5-8H2,1-4H3,(H,15,19)(H,17,18)/t10?,11?,12-/m1/s1. The first kappa shape index (κ1) is 15.8. The Bertz CT molecular complexity index is 321. The van der Waals surface area contributed by atoms with Gasteiger partial charge in [0.2, 0.25) is 0 Å². The van der Waals surface area contributed by atoms with Gasteiger partial charge in [-0.15, -0.1) is 0 Å². The normalized spacial score (nSPS) is 25.2. The van der Waals surface area contributed by atoms with E-state index in [0.717, 1.165) is 19.3 Å². The van der Waals surface area contributed by atoms with E-state index in [2.05, 4.69) is 5.32 Å². The molecule has 0 aromatic carbocycles. The summed E-state index contributed by atoms with van der Waals surface area (Å²) < 4.78 is 0. The molecule has 2 unspecified atom stereocenters. The van der Waals surface area contributed by atoms with E-state index < -0.39 is 12.0 Å². The minimum atomic E-state index is -0.959. The van der Waals surface area contributed by atoms with Gasteiger partial charge in [-0.2, -0.15) is 0 Å². The minimum Gasteiger partial charge on any atom is -0.480 e. The van der Waals surface area contributed by atoms with Gasteiger partial charge in [-0.1, -0.05) is 13.8 Å². The van der Waals surface area contributed by atoms with E-state index in [-0.39, 0.29) is 24.0 Å². The summed E-state index contributed by atoms with van der Waals surface area (Å²) >= 11 is 0. The van der Waals surface area contributed by atoms with Crippen molar-refractivity contribution in [3.8, 4) is 0 Å². The summed E-state index contributed by atoms with van der Waals surface area (Å²) in [6.45, 7) is 7.95. The third kappa shape index (κ3) is 4.40. The van der Waals surface area contributed by atoms with Crippen molar-refractivity contribution in [2.45, 2.75) is 71.5 Å². The predicted octanol–water partition coefficient (Wildman–Crippen LogP) is 2.46. The van der Waals surface area contributed by atoms with E-state index in [9.17, 15) is 9.59 Å². The fourth-order valence-corrected chi connectivity index (χ4v) is 2.74. The topological polar surface area (TPSA) is 69.6 Å². The number of carboxylic acids is 1. The molecular formula is C14H26N2O3. The van der Waals surface area contributed by atoms with Crippen LogP contribution in [-0.4, -0.2) is 40.1 Å². The number of aliphatic carboxylic acids is 1. The molecule has 0 saturated carbocycles. The van der Waals surface area contributed by atoms with Crippen molar-refractivity contribution in [2.75, 3.05) is 0 Å². The van der Waals surface area contributed by atoms with Gasteiger partial charge in [0.25, 0.3) is 0 Å². The highest BCUT2D eigenvalue weighted by atomic mass is 16.4. The van der Waals surface area contributed by atoms with E-state index in [1.54, 1.807) is 4.90 Å². The van der Waals surface area contributed by atoms with Crippen LogP contribution in [0.2, 0.25) is 0 Å². The molecule has 1 saturated heterocycles. The number of rotatable bonds is 4. The molecule has 1 heterocycles. The summed E-state index contributed by atoms with van der Waals surface area (Å²) in [6, 6.07) is -0.684. The number of carboxylic acid groups (broad SMARTS) is 1. The molecule has 5 heteroatoms. The molecule has 0 spiro atoms. The molecule has 3 atom stereocenters. The number of carbonyl (C=O) groups is 2. The predicted molar refractivity (Wildman–Crippen MR) is 74.0 cm³/mol. The van der Waals surface area contributed by atoms with Crippen molar-refractivity contribution in [1.82, 2.24) is 10.2 Å². The fraction of sp³-hybridized carbons (Fsp3) is 0.857. The zero-order valence-electron chi connectivity index (χ0n) is 12.3. The van der Waals surface area contributed by atoms with Crippen molar-refractivity contribution < 1.29 is 14.7 Å². The van der Waals surface area contributed by atoms with Crippen LogP contribution in [0.3, 0.4) is 0 Å². The van der Waals surface area contributed by atoms with Crippen LogP contribution in [0.4, 0.5) is 4.79 Å². The number of hydrogen-bond acceptors (Lipinski definition) is 2. The lowest BCUT2D eigenvalue weighted by molar-refractivity contribution is -0.139. The number of piperidine rings is 1. The van der Waals surface area contributed by atoms with Crippen molar-refractivity contribution >= 4 is 12.0 Å². The first-order valence-corrected chi connectivity index (χ1v) is 7.14. The minimum absolute atomic E-state index is 0.178. The van der Waals surface area contributed by atoms with Gasteiger partial charge in [0.1, 0.15) is 6.04 Å². The molecule has 0 aromatic rings. The Morgan fingerprint density at radius 1 is 1.26 bits per heavy atom. The number of nitrogens with zero attached hydrogens (tertiary/aromatic N) is 1. The Hall–Kier alpha value is -1.26. The first-order chi connectivity index (χ1) is 8.82. The van der Waals surface area contributed by atoms with Gasteiger partial charge in [-0.05, 0) is 45.4 Å². The second-order valence-electron chi connectivity index (χ2n) is 6.01. The first-order valence-electron chi connectivity index (χ1n) is 7.14. The van der Waals surface area contributed by atoms with E-state index in [1.807, 2.05) is 27.7 Å². The summed E-state index contributed by atoms with van der Waals surface area (Å²) in [6.07, 6.45) is 3.55. The Morgan fingerprint density at radius 3 is 2.21 bits per heavy atom. The molecule has 0 aliphatic carbocycles. The van der Waals surface area contributed by atoms with Crippen LogP contribution in [0.15, 0.2) is 0 Å². The molecule has 5 nitrogen and oxygen atoms in total. The van der Waals surface area contributed by atoms with Gasteiger partial charge in [0.05, 0.1) is 0 Å². The van der Waals surface area contributed by atoms with Crippen LogP contribution in [0.1, 0.15) is 53.4 Å². The molecule has 0 radical (unpaired) electrons. The Labute approximate surface area is 115 Å². The van der Waals surface area contributed by atoms with Gasteiger partial charge in [-0.3, -0.25) is 0 Å². The molecule has 1 aliphatic heterocycles. The fourth-order valence-electron chi connectivity index (χ4n) is 2.74. The molecular weight excluding hydrogens is 244 g/mol. The summed E-state index contributed by atoms with van der Waals surface area (Å²) in [4.78, 5) is 25.2. The van der Waals surface area contributed by atoms with Crippen LogP contribution in [0, 0.1) is 5.92 Å². The van der Waals surface area contributed by atoms with E-state index in [4.69, 9.17) is 5.11 Å². The quantitative estimate of drug-likeness (QED) is 0.824. The van der Waals surface area contributed by atoms with E-state index >= 15 is 0 Å². The highest BCUT2D eigenvalue weighted by molar-refractivity contribution is 5.82. The molecule has 0 bridgehead atoms. The maximum atomic E-state index is 12.3. The lowest BCUT2D eigenvalue weighted by Gasteiger charge is -2.39. The van der Waals surface area contributed by atoms with Crippen LogP contribution < -0.4 is 5.32 Å².